The zero-order valence-corrected chi connectivity index (χ0v) is 20.2. The number of allylic oxidation sites excluding steroid dienone is 1. The molecule has 0 saturated carbocycles. The minimum Gasteiger partial charge on any atom is -0.463 e. The predicted molar refractivity (Wildman–Crippen MR) is 134 cm³/mol. The van der Waals surface area contributed by atoms with E-state index in [1.165, 1.54) is 34.4 Å². The molecule has 4 rings (SSSR count). The molecule has 1 atom stereocenters. The number of ether oxygens (including phenoxy) is 1. The summed E-state index contributed by atoms with van der Waals surface area (Å²) in [4.78, 5) is 27.4. The van der Waals surface area contributed by atoms with E-state index in [0.29, 0.717) is 26.7 Å². The topological polar surface area (TPSA) is 79.2 Å². The van der Waals surface area contributed by atoms with E-state index in [4.69, 9.17) is 4.74 Å². The number of thiophene rings is 2. The molecule has 166 valence electrons. The largest absolute Gasteiger partial charge is 0.463 e. The second-order valence-electron chi connectivity index (χ2n) is 6.99. The number of nitrogens with one attached hydrogen (secondary N) is 1. The molecule has 0 fully saturated rings. The highest BCUT2D eigenvalue weighted by Crippen LogP contribution is 2.44. The number of benzene rings is 1. The first-order chi connectivity index (χ1) is 16.1. The number of Topliss-reactive ketones (excluding diaryl/α,β-unsaturated/α-hetero) is 1. The molecule has 0 radical (unpaired) electrons. The summed E-state index contributed by atoms with van der Waals surface area (Å²) < 4.78 is 5.41. The Morgan fingerprint density at radius 3 is 2.48 bits per heavy atom. The molecule has 2 aromatic heterocycles. The van der Waals surface area contributed by atoms with Crippen LogP contribution in [0.15, 0.2) is 81.5 Å². The van der Waals surface area contributed by atoms with Crippen LogP contribution >= 0.6 is 34.4 Å². The van der Waals surface area contributed by atoms with Crippen LogP contribution in [0.3, 0.4) is 0 Å². The van der Waals surface area contributed by atoms with Crippen LogP contribution in [-0.2, 0) is 9.53 Å². The number of hydrogen-bond acceptors (Lipinski definition) is 8. The van der Waals surface area contributed by atoms with Gasteiger partial charge in [-0.1, -0.05) is 54.2 Å². The number of esters is 1. The van der Waals surface area contributed by atoms with Crippen LogP contribution in [0, 0.1) is 11.3 Å². The van der Waals surface area contributed by atoms with E-state index in [2.05, 4.69) is 11.4 Å². The van der Waals surface area contributed by atoms with E-state index in [1.807, 2.05) is 59.3 Å². The Balaban J connectivity index is 1.81. The fraction of sp³-hybridized carbons (Fsp3) is 0.160. The van der Waals surface area contributed by atoms with Crippen LogP contribution < -0.4 is 5.32 Å². The first-order valence-corrected chi connectivity index (χ1v) is 13.0. The van der Waals surface area contributed by atoms with Gasteiger partial charge in [0.05, 0.1) is 51.1 Å². The van der Waals surface area contributed by atoms with Crippen molar-refractivity contribution in [1.82, 2.24) is 5.32 Å². The number of carbonyl (C=O) groups excluding carboxylic acids is 2. The van der Waals surface area contributed by atoms with Gasteiger partial charge in [0.1, 0.15) is 0 Å². The Morgan fingerprint density at radius 2 is 1.85 bits per heavy atom. The van der Waals surface area contributed by atoms with Crippen molar-refractivity contribution in [3.05, 3.63) is 96.9 Å². The van der Waals surface area contributed by atoms with Crippen LogP contribution in [0.1, 0.15) is 33.0 Å². The number of nitriles is 1. The maximum absolute atomic E-state index is 13.2. The SMILES string of the molecule is CCOC(=O)C1=C(c2ccccc2)NC(SCC(=O)c2cccs2)=C(C#N)[C@@H]1c1cccs1. The van der Waals surface area contributed by atoms with Gasteiger partial charge in [0.25, 0.3) is 0 Å². The van der Waals surface area contributed by atoms with Crippen LogP contribution in [0.25, 0.3) is 5.70 Å². The van der Waals surface area contributed by atoms with E-state index in [0.717, 1.165) is 10.4 Å². The van der Waals surface area contributed by atoms with E-state index < -0.39 is 11.9 Å². The minimum absolute atomic E-state index is 0.00399. The van der Waals surface area contributed by atoms with Gasteiger partial charge in [-0.3, -0.25) is 4.79 Å². The number of nitrogens with zero attached hydrogens (tertiary/aromatic N) is 1. The summed E-state index contributed by atoms with van der Waals surface area (Å²) in [5, 5.41) is 17.8. The van der Waals surface area contributed by atoms with Crippen LogP contribution in [0.5, 0.6) is 0 Å². The Kier molecular flexibility index (Phi) is 7.45. The van der Waals surface area contributed by atoms with Gasteiger partial charge in [-0.25, -0.2) is 4.79 Å². The maximum atomic E-state index is 13.2. The Labute approximate surface area is 204 Å². The molecule has 3 aromatic rings. The fourth-order valence-electron chi connectivity index (χ4n) is 3.54. The van der Waals surface area contributed by atoms with E-state index >= 15 is 0 Å². The summed E-state index contributed by atoms with van der Waals surface area (Å²) in [6.07, 6.45) is 0. The van der Waals surface area contributed by atoms with Crippen molar-refractivity contribution in [2.24, 2.45) is 0 Å². The molecule has 1 aliphatic rings. The summed E-state index contributed by atoms with van der Waals surface area (Å²) in [7, 11) is 0. The van der Waals surface area contributed by atoms with Crippen molar-refractivity contribution in [2.45, 2.75) is 12.8 Å². The van der Waals surface area contributed by atoms with Gasteiger partial charge in [0.2, 0.25) is 0 Å². The molecule has 1 aromatic carbocycles. The zero-order chi connectivity index (χ0) is 23.2. The molecule has 3 heterocycles. The standard InChI is InChI=1S/C25H20N2O3S3/c1-2-30-25(29)22-21(20-11-7-13-32-20)17(14-26)24(27-23(22)16-8-4-3-5-9-16)33-15-18(28)19-10-6-12-31-19/h3-13,21,27H,2,15H2,1H3/t21-/m1/s1. The normalized spacial score (nSPS) is 15.7. The summed E-state index contributed by atoms with van der Waals surface area (Å²) >= 11 is 4.16. The van der Waals surface area contributed by atoms with Crippen molar-refractivity contribution in [3.63, 3.8) is 0 Å². The van der Waals surface area contributed by atoms with Gasteiger partial charge in [-0.15, -0.1) is 22.7 Å². The van der Waals surface area contributed by atoms with Crippen molar-refractivity contribution < 1.29 is 14.3 Å². The number of hydrogen-bond donors (Lipinski definition) is 1. The third kappa shape index (κ3) is 4.96. The summed E-state index contributed by atoms with van der Waals surface area (Å²) in [6, 6.07) is 19.3. The fourth-order valence-corrected chi connectivity index (χ4v) is 6.07. The maximum Gasteiger partial charge on any atom is 0.337 e. The van der Waals surface area contributed by atoms with Gasteiger partial charge in [-0.05, 0) is 35.4 Å². The lowest BCUT2D eigenvalue weighted by Gasteiger charge is -2.30. The van der Waals surface area contributed by atoms with Gasteiger partial charge in [-0.2, -0.15) is 5.26 Å². The summed E-state index contributed by atoms with van der Waals surface area (Å²) in [5.41, 5.74) is 2.21. The van der Waals surface area contributed by atoms with Crippen molar-refractivity contribution in [2.75, 3.05) is 12.4 Å². The lowest BCUT2D eigenvalue weighted by atomic mass is 9.85. The lowest BCUT2D eigenvalue weighted by Crippen LogP contribution is -2.29. The average Bonchev–Trinajstić information content (AvgIpc) is 3.57. The molecule has 33 heavy (non-hydrogen) atoms. The number of ketones is 1. The van der Waals surface area contributed by atoms with Crippen molar-refractivity contribution >= 4 is 51.9 Å². The van der Waals surface area contributed by atoms with Crippen molar-refractivity contribution in [3.8, 4) is 6.07 Å². The van der Waals surface area contributed by atoms with E-state index in [-0.39, 0.29) is 18.1 Å². The van der Waals surface area contributed by atoms with Crippen LogP contribution in [-0.4, -0.2) is 24.1 Å². The minimum atomic E-state index is -0.579. The third-order valence-electron chi connectivity index (χ3n) is 4.98. The predicted octanol–water partition coefficient (Wildman–Crippen LogP) is 5.82. The van der Waals surface area contributed by atoms with Gasteiger partial charge < -0.3 is 10.1 Å². The first kappa shape index (κ1) is 23.1. The number of dihydropyridines is 1. The Morgan fingerprint density at radius 1 is 1.09 bits per heavy atom. The molecular formula is C25H20N2O3S3. The summed E-state index contributed by atoms with van der Waals surface area (Å²) in [6.45, 7) is 1.99. The highest BCUT2D eigenvalue weighted by atomic mass is 32.2. The number of thioether (sulfide) groups is 1. The molecule has 0 unspecified atom stereocenters. The van der Waals surface area contributed by atoms with Gasteiger partial charge >= 0.3 is 5.97 Å². The highest BCUT2D eigenvalue weighted by Gasteiger charge is 2.37. The molecule has 5 nitrogen and oxygen atoms in total. The lowest BCUT2D eigenvalue weighted by molar-refractivity contribution is -0.138. The van der Waals surface area contributed by atoms with Crippen LogP contribution in [0.2, 0.25) is 0 Å². The molecular weight excluding hydrogens is 472 g/mol. The van der Waals surface area contributed by atoms with Gasteiger partial charge in [0, 0.05) is 4.88 Å². The molecule has 0 bridgehead atoms. The van der Waals surface area contributed by atoms with E-state index in [1.54, 1.807) is 13.0 Å². The third-order valence-corrected chi connectivity index (χ3v) is 7.84. The Bertz CT molecular complexity index is 1240. The average molecular weight is 493 g/mol. The monoisotopic (exact) mass is 492 g/mol. The second kappa shape index (κ2) is 10.7. The Hall–Kier alpha value is -3.12. The van der Waals surface area contributed by atoms with E-state index in [9.17, 15) is 14.9 Å². The second-order valence-corrected chi connectivity index (χ2v) is 9.90. The molecule has 0 saturated heterocycles. The molecule has 0 aliphatic carbocycles. The molecule has 0 spiro atoms. The first-order valence-electron chi connectivity index (χ1n) is 10.2. The quantitative estimate of drug-likeness (QED) is 0.315. The van der Waals surface area contributed by atoms with Gasteiger partial charge in [0.15, 0.2) is 5.78 Å². The smallest absolute Gasteiger partial charge is 0.337 e. The molecule has 1 N–H and O–H groups in total. The number of carbonyl (C=O) groups is 2. The molecule has 1 aliphatic heterocycles. The highest BCUT2D eigenvalue weighted by molar-refractivity contribution is 8.03. The molecule has 8 heteroatoms. The number of rotatable bonds is 8. The summed E-state index contributed by atoms with van der Waals surface area (Å²) in [5.74, 6) is -0.864. The zero-order valence-electron chi connectivity index (χ0n) is 17.7. The molecule has 0 amide bonds. The van der Waals surface area contributed by atoms with Crippen LogP contribution in [0.4, 0.5) is 0 Å². The van der Waals surface area contributed by atoms with Crippen molar-refractivity contribution in [1.29, 1.82) is 5.26 Å².